The van der Waals surface area contributed by atoms with E-state index in [1.807, 2.05) is 13.0 Å². The van der Waals surface area contributed by atoms with Crippen LogP contribution in [0.15, 0.2) is 42.5 Å². The van der Waals surface area contributed by atoms with Gasteiger partial charge in [-0.15, -0.1) is 0 Å². The molecule has 4 heteroatoms. The van der Waals surface area contributed by atoms with Crippen LogP contribution in [0.2, 0.25) is 0 Å². The van der Waals surface area contributed by atoms with Gasteiger partial charge in [-0.05, 0) is 54.3 Å². The fourth-order valence-electron chi connectivity index (χ4n) is 2.25. The summed E-state index contributed by atoms with van der Waals surface area (Å²) in [6, 6.07) is 12.6. The third-order valence-corrected chi connectivity index (χ3v) is 3.50. The number of ether oxygens (including phenoxy) is 2. The first kappa shape index (κ1) is 16.9. The molecule has 0 spiro atoms. The molecule has 0 aliphatic heterocycles. The van der Waals surface area contributed by atoms with E-state index >= 15 is 0 Å². The molecule has 0 saturated carbocycles. The van der Waals surface area contributed by atoms with Crippen LogP contribution in [0.5, 0.6) is 11.5 Å². The van der Waals surface area contributed by atoms with Crippen LogP contribution in [0.25, 0.3) is 0 Å². The summed E-state index contributed by atoms with van der Waals surface area (Å²) in [5, 5.41) is 8.85. The third kappa shape index (κ3) is 4.74. The second kappa shape index (κ2) is 7.68. The van der Waals surface area contributed by atoms with E-state index in [1.54, 1.807) is 12.1 Å². The van der Waals surface area contributed by atoms with Crippen molar-refractivity contribution < 1.29 is 19.4 Å². The van der Waals surface area contributed by atoms with E-state index in [9.17, 15) is 4.79 Å². The Morgan fingerprint density at radius 1 is 1.04 bits per heavy atom. The van der Waals surface area contributed by atoms with E-state index in [0.29, 0.717) is 24.9 Å². The first-order valence-electron chi connectivity index (χ1n) is 7.67. The highest BCUT2D eigenvalue weighted by Crippen LogP contribution is 2.27. The van der Waals surface area contributed by atoms with Gasteiger partial charge in [-0.2, -0.15) is 0 Å². The quantitative estimate of drug-likeness (QED) is 0.775. The molecule has 23 heavy (non-hydrogen) atoms. The van der Waals surface area contributed by atoms with Gasteiger partial charge in [0.1, 0.15) is 24.7 Å². The van der Waals surface area contributed by atoms with Crippen molar-refractivity contribution in [1.29, 1.82) is 0 Å². The van der Waals surface area contributed by atoms with Crippen molar-refractivity contribution >= 4 is 5.97 Å². The summed E-state index contributed by atoms with van der Waals surface area (Å²) >= 11 is 0. The zero-order valence-corrected chi connectivity index (χ0v) is 13.7. The minimum Gasteiger partial charge on any atom is -0.490 e. The third-order valence-electron chi connectivity index (χ3n) is 3.50. The summed E-state index contributed by atoms with van der Waals surface area (Å²) in [5.74, 6) is 0.979. The van der Waals surface area contributed by atoms with Gasteiger partial charge < -0.3 is 14.6 Å². The molecule has 0 heterocycles. The van der Waals surface area contributed by atoms with Crippen molar-refractivity contribution in [2.24, 2.45) is 0 Å². The molecule has 122 valence electrons. The van der Waals surface area contributed by atoms with Crippen LogP contribution in [0.4, 0.5) is 0 Å². The Morgan fingerprint density at radius 2 is 1.70 bits per heavy atom. The predicted octanol–water partition coefficient (Wildman–Crippen LogP) is 4.27. The normalized spacial score (nSPS) is 10.6. The molecule has 0 atom stereocenters. The number of benzene rings is 2. The van der Waals surface area contributed by atoms with E-state index < -0.39 is 5.97 Å². The number of carbonyl (C=O) groups is 1. The van der Waals surface area contributed by atoms with Crippen LogP contribution in [0.1, 0.15) is 41.3 Å². The number of carboxylic acids is 1. The Morgan fingerprint density at radius 3 is 2.30 bits per heavy atom. The van der Waals surface area contributed by atoms with Crippen LogP contribution in [-0.4, -0.2) is 24.3 Å². The highest BCUT2D eigenvalue weighted by Gasteiger charge is 2.08. The molecule has 0 amide bonds. The molecule has 0 bridgehead atoms. The average molecular weight is 314 g/mol. The molecule has 0 unspecified atom stereocenters. The minimum atomic E-state index is -0.944. The fourth-order valence-corrected chi connectivity index (χ4v) is 2.25. The van der Waals surface area contributed by atoms with Gasteiger partial charge >= 0.3 is 5.97 Å². The summed E-state index contributed by atoms with van der Waals surface area (Å²) in [7, 11) is 0. The summed E-state index contributed by atoms with van der Waals surface area (Å²) in [6.45, 7) is 7.15. The van der Waals surface area contributed by atoms with Crippen LogP contribution in [0.3, 0.4) is 0 Å². The molecule has 0 aliphatic rings. The fraction of sp³-hybridized carbons (Fsp3) is 0.316. The standard InChI is InChI=1S/C19H22O4/c1-13(2)17-9-4-14(3)12-18(17)23-11-10-22-16-7-5-15(6-8-16)19(20)21/h4-9,12-13H,10-11H2,1-3H3,(H,20,21). The number of hydrogen-bond donors (Lipinski definition) is 1. The van der Waals surface area contributed by atoms with Crippen molar-refractivity contribution in [2.45, 2.75) is 26.7 Å². The molecule has 0 fully saturated rings. The Kier molecular flexibility index (Phi) is 5.63. The Bertz CT molecular complexity index is 660. The smallest absolute Gasteiger partial charge is 0.335 e. The number of aryl methyl sites for hydroxylation is 1. The predicted molar refractivity (Wildman–Crippen MR) is 89.7 cm³/mol. The molecule has 2 aromatic rings. The highest BCUT2D eigenvalue weighted by atomic mass is 16.5. The molecular formula is C19H22O4. The SMILES string of the molecule is Cc1ccc(C(C)C)c(OCCOc2ccc(C(=O)O)cc2)c1. The van der Waals surface area contributed by atoms with Crippen molar-refractivity contribution in [2.75, 3.05) is 13.2 Å². The number of hydrogen-bond acceptors (Lipinski definition) is 3. The lowest BCUT2D eigenvalue weighted by Gasteiger charge is -2.15. The molecule has 4 nitrogen and oxygen atoms in total. The minimum absolute atomic E-state index is 0.245. The second-order valence-corrected chi connectivity index (χ2v) is 5.72. The van der Waals surface area contributed by atoms with Crippen molar-refractivity contribution in [1.82, 2.24) is 0 Å². The van der Waals surface area contributed by atoms with Gasteiger partial charge in [0.15, 0.2) is 0 Å². The monoisotopic (exact) mass is 314 g/mol. The summed E-state index contributed by atoms with van der Waals surface area (Å²) in [4.78, 5) is 10.8. The van der Waals surface area contributed by atoms with Crippen LogP contribution in [0, 0.1) is 6.92 Å². The van der Waals surface area contributed by atoms with Crippen LogP contribution in [-0.2, 0) is 0 Å². The van der Waals surface area contributed by atoms with Gasteiger partial charge in [0.05, 0.1) is 5.56 Å². The Hall–Kier alpha value is -2.49. The lowest BCUT2D eigenvalue weighted by molar-refractivity contribution is 0.0697. The second-order valence-electron chi connectivity index (χ2n) is 5.72. The average Bonchev–Trinajstić information content (AvgIpc) is 2.51. The Labute approximate surface area is 136 Å². The first-order valence-corrected chi connectivity index (χ1v) is 7.67. The van der Waals surface area contributed by atoms with Gasteiger partial charge in [0, 0.05) is 0 Å². The molecule has 2 rings (SSSR count). The van der Waals surface area contributed by atoms with E-state index in [1.165, 1.54) is 17.7 Å². The maximum atomic E-state index is 10.8. The molecular weight excluding hydrogens is 292 g/mol. The van der Waals surface area contributed by atoms with Gasteiger partial charge in [0.2, 0.25) is 0 Å². The highest BCUT2D eigenvalue weighted by molar-refractivity contribution is 5.87. The molecule has 2 aromatic carbocycles. The maximum absolute atomic E-state index is 10.8. The topological polar surface area (TPSA) is 55.8 Å². The summed E-state index contributed by atoms with van der Waals surface area (Å²) in [5.41, 5.74) is 2.59. The zero-order valence-electron chi connectivity index (χ0n) is 13.7. The largest absolute Gasteiger partial charge is 0.490 e. The molecule has 0 saturated heterocycles. The number of rotatable bonds is 7. The van der Waals surface area contributed by atoms with Crippen molar-refractivity contribution in [3.63, 3.8) is 0 Å². The zero-order chi connectivity index (χ0) is 16.8. The summed E-state index contributed by atoms with van der Waals surface area (Å²) in [6.07, 6.45) is 0. The van der Waals surface area contributed by atoms with Gasteiger partial charge in [0.25, 0.3) is 0 Å². The number of carboxylic acid groups (broad SMARTS) is 1. The van der Waals surface area contributed by atoms with Gasteiger partial charge in [-0.3, -0.25) is 0 Å². The van der Waals surface area contributed by atoms with E-state index in [0.717, 1.165) is 11.3 Å². The van der Waals surface area contributed by atoms with Gasteiger partial charge in [-0.1, -0.05) is 26.0 Å². The lowest BCUT2D eigenvalue weighted by atomic mass is 10.0. The van der Waals surface area contributed by atoms with E-state index in [-0.39, 0.29) is 5.56 Å². The molecule has 1 N–H and O–H groups in total. The van der Waals surface area contributed by atoms with Crippen LogP contribution >= 0.6 is 0 Å². The molecule has 0 aliphatic carbocycles. The van der Waals surface area contributed by atoms with Crippen molar-refractivity contribution in [3.05, 3.63) is 59.2 Å². The number of aromatic carboxylic acids is 1. The van der Waals surface area contributed by atoms with Crippen molar-refractivity contribution in [3.8, 4) is 11.5 Å². The Balaban J connectivity index is 1.88. The molecule has 0 radical (unpaired) electrons. The van der Waals surface area contributed by atoms with E-state index in [4.69, 9.17) is 14.6 Å². The van der Waals surface area contributed by atoms with E-state index in [2.05, 4.69) is 26.0 Å². The lowest BCUT2D eigenvalue weighted by Crippen LogP contribution is -2.10. The first-order chi connectivity index (χ1) is 11.0. The maximum Gasteiger partial charge on any atom is 0.335 e. The van der Waals surface area contributed by atoms with Crippen LogP contribution < -0.4 is 9.47 Å². The summed E-state index contributed by atoms with van der Waals surface area (Å²) < 4.78 is 11.4. The molecule has 0 aromatic heterocycles. The van der Waals surface area contributed by atoms with Gasteiger partial charge in [-0.25, -0.2) is 4.79 Å².